The Morgan fingerprint density at radius 3 is 2.48 bits per heavy atom. The standard InChI is InChI=1S/C15H19NO5/c1-15(2,3)13(10-7-8-12(19-4)21-10)16(14(17)18)11-6-5-9-20-11/h5-9,13H,1-4H3,(H,17,18). The molecule has 0 aliphatic carbocycles. The van der Waals surface area contributed by atoms with Crippen molar-refractivity contribution in [2.75, 3.05) is 12.0 Å². The normalized spacial score (nSPS) is 13.0. The van der Waals surface area contributed by atoms with Gasteiger partial charge in [0.2, 0.25) is 5.88 Å². The molecule has 0 aliphatic heterocycles. The summed E-state index contributed by atoms with van der Waals surface area (Å²) >= 11 is 0. The summed E-state index contributed by atoms with van der Waals surface area (Å²) in [7, 11) is 1.50. The summed E-state index contributed by atoms with van der Waals surface area (Å²) in [5.74, 6) is 1.08. The number of carboxylic acid groups (broad SMARTS) is 1. The van der Waals surface area contributed by atoms with Crippen LogP contribution in [0.15, 0.2) is 39.4 Å². The van der Waals surface area contributed by atoms with E-state index in [2.05, 4.69) is 0 Å². The highest BCUT2D eigenvalue weighted by Gasteiger charge is 2.39. The summed E-state index contributed by atoms with van der Waals surface area (Å²) in [5.41, 5.74) is -0.409. The van der Waals surface area contributed by atoms with Crippen LogP contribution in [0.2, 0.25) is 0 Å². The van der Waals surface area contributed by atoms with Gasteiger partial charge in [0.25, 0.3) is 5.95 Å². The van der Waals surface area contributed by atoms with E-state index in [1.807, 2.05) is 20.8 Å². The van der Waals surface area contributed by atoms with Crippen LogP contribution in [0, 0.1) is 5.41 Å². The van der Waals surface area contributed by atoms with Gasteiger partial charge in [-0.3, -0.25) is 0 Å². The van der Waals surface area contributed by atoms with Crippen molar-refractivity contribution in [3.63, 3.8) is 0 Å². The molecule has 1 N–H and O–H groups in total. The van der Waals surface area contributed by atoms with E-state index in [0.29, 0.717) is 11.7 Å². The zero-order valence-corrected chi connectivity index (χ0v) is 12.5. The van der Waals surface area contributed by atoms with Gasteiger partial charge in [-0.1, -0.05) is 20.8 Å². The molecular weight excluding hydrogens is 274 g/mol. The third-order valence-electron chi connectivity index (χ3n) is 3.10. The van der Waals surface area contributed by atoms with E-state index in [-0.39, 0.29) is 5.88 Å². The Morgan fingerprint density at radius 1 is 1.33 bits per heavy atom. The summed E-state index contributed by atoms with van der Waals surface area (Å²) in [6.45, 7) is 5.81. The van der Waals surface area contributed by atoms with Gasteiger partial charge in [-0.2, -0.15) is 0 Å². The van der Waals surface area contributed by atoms with Gasteiger partial charge in [-0.05, 0) is 17.5 Å². The molecule has 0 aromatic carbocycles. The van der Waals surface area contributed by atoms with Gasteiger partial charge in [0.15, 0.2) is 0 Å². The number of anilines is 1. The summed E-state index contributed by atoms with van der Waals surface area (Å²) in [6, 6.07) is 6.08. The molecule has 0 spiro atoms. The van der Waals surface area contributed by atoms with Gasteiger partial charge < -0.3 is 18.7 Å². The molecule has 114 valence electrons. The molecule has 6 nitrogen and oxygen atoms in total. The molecule has 0 bridgehead atoms. The van der Waals surface area contributed by atoms with Crippen molar-refractivity contribution in [2.24, 2.45) is 5.41 Å². The number of amides is 1. The third-order valence-corrected chi connectivity index (χ3v) is 3.10. The molecule has 1 atom stereocenters. The molecule has 6 heteroatoms. The van der Waals surface area contributed by atoms with Crippen LogP contribution in [0.3, 0.4) is 0 Å². The first kappa shape index (κ1) is 15.0. The van der Waals surface area contributed by atoms with Crippen molar-refractivity contribution in [1.29, 1.82) is 0 Å². The maximum Gasteiger partial charge on any atom is 0.414 e. The lowest BCUT2D eigenvalue weighted by Gasteiger charge is -2.35. The van der Waals surface area contributed by atoms with Crippen molar-refractivity contribution in [3.8, 4) is 5.95 Å². The third kappa shape index (κ3) is 3.04. The molecule has 2 aromatic rings. The van der Waals surface area contributed by atoms with Crippen LogP contribution in [-0.4, -0.2) is 18.3 Å². The fraction of sp³-hybridized carbons (Fsp3) is 0.400. The number of rotatable bonds is 4. The zero-order valence-electron chi connectivity index (χ0n) is 12.5. The first-order valence-electron chi connectivity index (χ1n) is 6.54. The Hall–Kier alpha value is -2.37. The van der Waals surface area contributed by atoms with Crippen molar-refractivity contribution in [1.82, 2.24) is 0 Å². The highest BCUT2D eigenvalue weighted by molar-refractivity contribution is 5.85. The monoisotopic (exact) mass is 293 g/mol. The van der Waals surface area contributed by atoms with E-state index < -0.39 is 17.6 Å². The van der Waals surface area contributed by atoms with Gasteiger partial charge in [0, 0.05) is 12.1 Å². The van der Waals surface area contributed by atoms with Crippen LogP contribution in [0.25, 0.3) is 0 Å². The van der Waals surface area contributed by atoms with Crippen LogP contribution in [0.4, 0.5) is 10.7 Å². The summed E-state index contributed by atoms with van der Waals surface area (Å²) < 4.78 is 15.9. The lowest BCUT2D eigenvalue weighted by atomic mass is 9.84. The summed E-state index contributed by atoms with van der Waals surface area (Å²) in [5, 5.41) is 9.60. The molecule has 1 unspecified atom stereocenters. The van der Waals surface area contributed by atoms with E-state index in [9.17, 15) is 9.90 Å². The van der Waals surface area contributed by atoms with Gasteiger partial charge in [-0.25, -0.2) is 9.69 Å². The number of nitrogens with zero attached hydrogens (tertiary/aromatic N) is 1. The van der Waals surface area contributed by atoms with Gasteiger partial charge >= 0.3 is 6.09 Å². The minimum Gasteiger partial charge on any atom is -0.468 e. The van der Waals surface area contributed by atoms with Crippen LogP contribution < -0.4 is 9.64 Å². The maximum absolute atomic E-state index is 11.7. The summed E-state index contributed by atoms with van der Waals surface area (Å²) in [4.78, 5) is 12.9. The largest absolute Gasteiger partial charge is 0.468 e. The number of methoxy groups -OCH3 is 1. The van der Waals surface area contributed by atoms with E-state index in [1.54, 1.807) is 24.3 Å². The Morgan fingerprint density at radius 2 is 2.05 bits per heavy atom. The predicted molar refractivity (Wildman–Crippen MR) is 76.7 cm³/mol. The smallest absolute Gasteiger partial charge is 0.414 e. The van der Waals surface area contributed by atoms with E-state index in [0.717, 1.165) is 4.90 Å². The minimum atomic E-state index is -1.11. The van der Waals surface area contributed by atoms with Crippen molar-refractivity contribution in [2.45, 2.75) is 26.8 Å². The summed E-state index contributed by atoms with van der Waals surface area (Å²) in [6.07, 6.45) is 0.327. The lowest BCUT2D eigenvalue weighted by Crippen LogP contribution is -2.40. The van der Waals surface area contributed by atoms with Gasteiger partial charge in [0.05, 0.1) is 13.4 Å². The fourth-order valence-corrected chi connectivity index (χ4v) is 2.27. The van der Waals surface area contributed by atoms with Crippen LogP contribution in [0.5, 0.6) is 5.95 Å². The lowest BCUT2D eigenvalue weighted by molar-refractivity contribution is 0.179. The van der Waals surface area contributed by atoms with Gasteiger partial charge in [-0.15, -0.1) is 0 Å². The van der Waals surface area contributed by atoms with Crippen molar-refractivity contribution >= 4 is 12.0 Å². The molecule has 0 saturated heterocycles. The van der Waals surface area contributed by atoms with E-state index >= 15 is 0 Å². The van der Waals surface area contributed by atoms with E-state index in [1.165, 1.54) is 13.4 Å². The molecule has 0 fully saturated rings. The number of hydrogen-bond acceptors (Lipinski definition) is 4. The van der Waals surface area contributed by atoms with Crippen molar-refractivity contribution in [3.05, 3.63) is 36.3 Å². The maximum atomic E-state index is 11.7. The molecule has 21 heavy (non-hydrogen) atoms. The highest BCUT2D eigenvalue weighted by atomic mass is 16.6. The Balaban J connectivity index is 2.50. The first-order valence-corrected chi connectivity index (χ1v) is 6.54. The average Bonchev–Trinajstić information content (AvgIpc) is 3.04. The molecule has 2 rings (SSSR count). The van der Waals surface area contributed by atoms with Gasteiger partial charge in [0.1, 0.15) is 11.8 Å². The molecule has 0 radical (unpaired) electrons. The quantitative estimate of drug-likeness (QED) is 0.916. The van der Waals surface area contributed by atoms with Crippen molar-refractivity contribution < 1.29 is 23.5 Å². The highest BCUT2D eigenvalue weighted by Crippen LogP contribution is 2.42. The minimum absolute atomic E-state index is 0.248. The van der Waals surface area contributed by atoms with Crippen LogP contribution in [-0.2, 0) is 0 Å². The Bertz CT molecular complexity index is 594. The molecule has 2 aromatic heterocycles. The second-order valence-electron chi connectivity index (χ2n) is 5.73. The molecule has 2 heterocycles. The average molecular weight is 293 g/mol. The molecular formula is C15H19NO5. The Kier molecular flexibility index (Phi) is 3.97. The number of carbonyl (C=O) groups is 1. The molecule has 0 aliphatic rings. The number of hydrogen-bond donors (Lipinski definition) is 1. The zero-order chi connectivity index (χ0) is 15.6. The van der Waals surface area contributed by atoms with E-state index in [4.69, 9.17) is 13.6 Å². The second kappa shape index (κ2) is 5.55. The number of furan rings is 2. The SMILES string of the molecule is COc1ccc(C(N(C(=O)O)c2ccco2)C(C)(C)C)o1. The van der Waals surface area contributed by atoms with Crippen LogP contribution >= 0.6 is 0 Å². The predicted octanol–water partition coefficient (Wildman–Crippen LogP) is 4.15. The van der Waals surface area contributed by atoms with Crippen LogP contribution in [0.1, 0.15) is 32.6 Å². The Labute approximate surface area is 122 Å². The topological polar surface area (TPSA) is 76.0 Å². The fourth-order valence-electron chi connectivity index (χ4n) is 2.27. The first-order chi connectivity index (χ1) is 9.84. The molecule has 0 saturated carbocycles. The second-order valence-corrected chi connectivity index (χ2v) is 5.73. The molecule has 1 amide bonds. The number of ether oxygens (including phenoxy) is 1.